The summed E-state index contributed by atoms with van der Waals surface area (Å²) in [5.74, 6) is 0.0756. The van der Waals surface area contributed by atoms with Gasteiger partial charge < -0.3 is 10.2 Å². The lowest BCUT2D eigenvalue weighted by molar-refractivity contribution is 0.599. The topological polar surface area (TPSA) is 87.2 Å². The lowest BCUT2D eigenvalue weighted by Gasteiger charge is -2.13. The van der Waals surface area contributed by atoms with Crippen molar-refractivity contribution in [2.75, 3.05) is 29.0 Å². The summed E-state index contributed by atoms with van der Waals surface area (Å²) in [5, 5.41) is 11.1. The highest BCUT2D eigenvalue weighted by molar-refractivity contribution is 7.92. The molecule has 0 spiro atoms. The first-order valence-corrected chi connectivity index (χ1v) is 9.47. The average Bonchev–Trinajstić information content (AvgIpc) is 2.64. The molecule has 0 unspecified atom stereocenters. The zero-order chi connectivity index (χ0) is 19.4. The van der Waals surface area contributed by atoms with Crippen LogP contribution >= 0.6 is 0 Å². The molecule has 1 heterocycles. The second-order valence-electron chi connectivity index (χ2n) is 5.96. The molecule has 0 aliphatic rings. The minimum absolute atomic E-state index is 0.0122. The minimum atomic E-state index is -3.78. The van der Waals surface area contributed by atoms with Crippen LogP contribution < -0.4 is 14.9 Å². The number of nitrogens with zero attached hydrogens (tertiary/aromatic N) is 3. The molecule has 140 valence electrons. The molecule has 0 saturated heterocycles. The number of anilines is 4. The molecule has 0 aliphatic heterocycles. The average molecular weight is 387 g/mol. The maximum Gasteiger partial charge on any atom is 0.261 e. The summed E-state index contributed by atoms with van der Waals surface area (Å²) in [6.45, 7) is 0. The summed E-state index contributed by atoms with van der Waals surface area (Å²) >= 11 is 0. The van der Waals surface area contributed by atoms with Gasteiger partial charge in [0.1, 0.15) is 5.82 Å². The van der Waals surface area contributed by atoms with Gasteiger partial charge in [-0.15, -0.1) is 5.10 Å². The number of hydrogen-bond acceptors (Lipinski definition) is 6. The third-order valence-corrected chi connectivity index (χ3v) is 5.09. The zero-order valence-electron chi connectivity index (χ0n) is 14.7. The maximum atomic E-state index is 13.0. The van der Waals surface area contributed by atoms with E-state index >= 15 is 0 Å². The van der Waals surface area contributed by atoms with Crippen molar-refractivity contribution in [2.24, 2.45) is 0 Å². The van der Waals surface area contributed by atoms with Gasteiger partial charge in [0.2, 0.25) is 0 Å². The molecule has 27 heavy (non-hydrogen) atoms. The van der Waals surface area contributed by atoms with Gasteiger partial charge in [0.15, 0.2) is 5.82 Å². The van der Waals surface area contributed by atoms with Crippen LogP contribution in [0.4, 0.5) is 27.3 Å². The normalized spacial score (nSPS) is 11.1. The fourth-order valence-electron chi connectivity index (χ4n) is 2.26. The van der Waals surface area contributed by atoms with Crippen LogP contribution in [0, 0.1) is 5.82 Å². The predicted molar refractivity (Wildman–Crippen MR) is 103 cm³/mol. The zero-order valence-corrected chi connectivity index (χ0v) is 15.5. The molecular formula is C18H18FN5O2S. The second-order valence-corrected chi connectivity index (χ2v) is 7.64. The summed E-state index contributed by atoms with van der Waals surface area (Å²) in [6.07, 6.45) is 1.65. The van der Waals surface area contributed by atoms with Crippen LogP contribution in [0.25, 0.3) is 0 Å². The highest BCUT2D eigenvalue weighted by Crippen LogP contribution is 2.22. The van der Waals surface area contributed by atoms with Gasteiger partial charge in [-0.2, -0.15) is 5.10 Å². The molecule has 7 nitrogen and oxygen atoms in total. The number of aromatic nitrogens is 2. The van der Waals surface area contributed by atoms with E-state index in [2.05, 4.69) is 20.2 Å². The Morgan fingerprint density at radius 1 is 0.963 bits per heavy atom. The van der Waals surface area contributed by atoms with Crippen molar-refractivity contribution in [1.29, 1.82) is 0 Å². The Morgan fingerprint density at radius 2 is 1.59 bits per heavy atom. The Kier molecular flexibility index (Phi) is 5.22. The Bertz CT molecular complexity index is 1020. The van der Waals surface area contributed by atoms with E-state index in [9.17, 15) is 12.8 Å². The second kappa shape index (κ2) is 7.58. The first-order chi connectivity index (χ1) is 12.8. The van der Waals surface area contributed by atoms with E-state index in [4.69, 9.17) is 0 Å². The number of hydrogen-bond donors (Lipinski definition) is 2. The number of nitrogens with one attached hydrogen (secondary N) is 2. The van der Waals surface area contributed by atoms with Gasteiger partial charge in [0, 0.05) is 31.5 Å². The van der Waals surface area contributed by atoms with Crippen LogP contribution in [0.2, 0.25) is 0 Å². The van der Waals surface area contributed by atoms with E-state index in [0.717, 1.165) is 23.5 Å². The third-order valence-electron chi connectivity index (χ3n) is 3.69. The van der Waals surface area contributed by atoms with Crippen LogP contribution in [0.15, 0.2) is 65.7 Å². The standard InChI is InChI=1S/C18H18FN5O2S/c1-24(2)16-11-18(22-20-12-16)21-14-5-7-15(8-6-14)23-27(25,26)17-9-3-13(19)4-10-17/h3-12,23H,1-2H3,(H,21,22). The van der Waals surface area contributed by atoms with Gasteiger partial charge in [0.25, 0.3) is 10.0 Å². The number of rotatable bonds is 6. The molecule has 0 fully saturated rings. The molecule has 3 rings (SSSR count). The molecule has 0 atom stereocenters. The first-order valence-electron chi connectivity index (χ1n) is 7.99. The van der Waals surface area contributed by atoms with Crippen LogP contribution in [0.3, 0.4) is 0 Å². The fraction of sp³-hybridized carbons (Fsp3) is 0.111. The quantitative estimate of drug-likeness (QED) is 0.675. The van der Waals surface area contributed by atoms with E-state index in [0.29, 0.717) is 11.5 Å². The molecule has 0 bridgehead atoms. The van der Waals surface area contributed by atoms with E-state index in [1.165, 1.54) is 12.1 Å². The molecule has 0 amide bonds. The van der Waals surface area contributed by atoms with Crippen molar-refractivity contribution >= 4 is 32.9 Å². The van der Waals surface area contributed by atoms with Gasteiger partial charge in [0.05, 0.1) is 16.8 Å². The summed E-state index contributed by atoms with van der Waals surface area (Å²) in [6, 6.07) is 13.1. The highest BCUT2D eigenvalue weighted by Gasteiger charge is 2.14. The van der Waals surface area contributed by atoms with Crippen LogP contribution in [0.1, 0.15) is 0 Å². The van der Waals surface area contributed by atoms with Gasteiger partial charge >= 0.3 is 0 Å². The minimum Gasteiger partial charge on any atom is -0.376 e. The molecule has 2 aromatic carbocycles. The van der Waals surface area contributed by atoms with Gasteiger partial charge in [-0.1, -0.05) is 0 Å². The molecular weight excluding hydrogens is 369 g/mol. The SMILES string of the molecule is CN(C)c1cnnc(Nc2ccc(NS(=O)(=O)c3ccc(F)cc3)cc2)c1. The van der Waals surface area contributed by atoms with E-state index < -0.39 is 15.8 Å². The number of benzene rings is 2. The summed E-state index contributed by atoms with van der Waals surface area (Å²) in [5.41, 5.74) is 2.01. The predicted octanol–water partition coefficient (Wildman–Crippen LogP) is 3.23. The third kappa shape index (κ3) is 4.70. The Balaban J connectivity index is 1.72. The van der Waals surface area contributed by atoms with Crippen molar-refractivity contribution in [3.05, 3.63) is 66.6 Å². The first kappa shape index (κ1) is 18.6. The lowest BCUT2D eigenvalue weighted by atomic mass is 10.3. The smallest absolute Gasteiger partial charge is 0.261 e. The van der Waals surface area contributed by atoms with Crippen molar-refractivity contribution in [3.63, 3.8) is 0 Å². The molecule has 0 saturated carbocycles. The van der Waals surface area contributed by atoms with Gasteiger partial charge in [-0.25, -0.2) is 12.8 Å². The molecule has 0 aliphatic carbocycles. The summed E-state index contributed by atoms with van der Waals surface area (Å²) in [7, 11) is 0.0292. The Morgan fingerprint density at radius 3 is 2.22 bits per heavy atom. The Hall–Kier alpha value is -3.20. The maximum absolute atomic E-state index is 13.0. The van der Waals surface area contributed by atoms with Gasteiger partial charge in [-0.05, 0) is 48.5 Å². The van der Waals surface area contributed by atoms with E-state index in [-0.39, 0.29) is 4.90 Å². The molecule has 0 radical (unpaired) electrons. The van der Waals surface area contributed by atoms with Gasteiger partial charge in [-0.3, -0.25) is 4.72 Å². The number of sulfonamides is 1. The molecule has 1 aromatic heterocycles. The Labute approximate surface area is 156 Å². The van der Waals surface area contributed by atoms with E-state index in [1.807, 2.05) is 25.1 Å². The van der Waals surface area contributed by atoms with Crippen LogP contribution in [-0.2, 0) is 10.0 Å². The highest BCUT2D eigenvalue weighted by atomic mass is 32.2. The monoisotopic (exact) mass is 387 g/mol. The molecule has 9 heteroatoms. The van der Waals surface area contributed by atoms with E-state index in [1.54, 1.807) is 30.5 Å². The van der Waals surface area contributed by atoms with Crippen LogP contribution in [-0.4, -0.2) is 32.7 Å². The van der Waals surface area contributed by atoms with Crippen molar-refractivity contribution in [2.45, 2.75) is 4.90 Å². The lowest BCUT2D eigenvalue weighted by Crippen LogP contribution is -2.12. The number of halogens is 1. The largest absolute Gasteiger partial charge is 0.376 e. The van der Waals surface area contributed by atoms with Crippen molar-refractivity contribution in [3.8, 4) is 0 Å². The van der Waals surface area contributed by atoms with Crippen LogP contribution in [0.5, 0.6) is 0 Å². The fourth-order valence-corrected chi connectivity index (χ4v) is 3.32. The molecule has 2 N–H and O–H groups in total. The summed E-state index contributed by atoms with van der Waals surface area (Å²) in [4.78, 5) is 1.90. The molecule has 3 aromatic rings. The van der Waals surface area contributed by atoms with Crippen molar-refractivity contribution < 1.29 is 12.8 Å². The van der Waals surface area contributed by atoms with Crippen molar-refractivity contribution in [1.82, 2.24) is 10.2 Å². The summed E-state index contributed by atoms with van der Waals surface area (Å²) < 4.78 is 40.1.